The lowest BCUT2D eigenvalue weighted by molar-refractivity contribution is 0.191. The number of aliphatic hydroxyl groups is 1. The van der Waals surface area contributed by atoms with Crippen molar-refractivity contribution in [2.75, 3.05) is 6.54 Å². The molecule has 1 rings (SSSR count). The lowest BCUT2D eigenvalue weighted by Gasteiger charge is -2.07. The molecule has 0 bridgehead atoms. The molecule has 2 heteroatoms. The Morgan fingerprint density at radius 1 is 1.20 bits per heavy atom. The molecular weight excluding hydrogens is 186 g/mol. The van der Waals surface area contributed by atoms with E-state index >= 15 is 0 Å². The van der Waals surface area contributed by atoms with Gasteiger partial charge in [-0.05, 0) is 24.5 Å². The first-order valence-electron chi connectivity index (χ1n) is 5.69. The molecule has 84 valence electrons. The third kappa shape index (κ3) is 4.96. The van der Waals surface area contributed by atoms with Gasteiger partial charge in [0.2, 0.25) is 0 Å². The SMILES string of the molecule is CCCc1ccc(CNCC(C)O)cc1. The minimum atomic E-state index is -0.274. The third-order valence-corrected chi connectivity index (χ3v) is 2.33. The van der Waals surface area contributed by atoms with Crippen molar-refractivity contribution >= 4 is 0 Å². The molecule has 0 radical (unpaired) electrons. The monoisotopic (exact) mass is 207 g/mol. The predicted molar refractivity (Wildman–Crippen MR) is 63.8 cm³/mol. The molecule has 0 aliphatic rings. The van der Waals surface area contributed by atoms with Crippen LogP contribution in [0.5, 0.6) is 0 Å². The van der Waals surface area contributed by atoms with E-state index in [0.717, 1.165) is 13.0 Å². The molecule has 1 aromatic rings. The number of hydrogen-bond donors (Lipinski definition) is 2. The molecule has 0 saturated heterocycles. The number of rotatable bonds is 6. The normalized spacial score (nSPS) is 12.7. The number of nitrogens with one attached hydrogen (secondary N) is 1. The summed E-state index contributed by atoms with van der Waals surface area (Å²) in [5.74, 6) is 0. The van der Waals surface area contributed by atoms with Gasteiger partial charge >= 0.3 is 0 Å². The van der Waals surface area contributed by atoms with Crippen molar-refractivity contribution < 1.29 is 5.11 Å². The molecule has 0 saturated carbocycles. The molecular formula is C13H21NO. The van der Waals surface area contributed by atoms with Crippen molar-refractivity contribution in [1.29, 1.82) is 0 Å². The summed E-state index contributed by atoms with van der Waals surface area (Å²) in [6, 6.07) is 8.67. The number of aryl methyl sites for hydroxylation is 1. The van der Waals surface area contributed by atoms with E-state index in [1.165, 1.54) is 17.5 Å². The summed E-state index contributed by atoms with van der Waals surface area (Å²) < 4.78 is 0. The lowest BCUT2D eigenvalue weighted by atomic mass is 10.1. The van der Waals surface area contributed by atoms with E-state index in [-0.39, 0.29) is 6.10 Å². The van der Waals surface area contributed by atoms with Crippen LogP contribution in [0.2, 0.25) is 0 Å². The van der Waals surface area contributed by atoms with E-state index in [4.69, 9.17) is 5.11 Å². The van der Waals surface area contributed by atoms with Gasteiger partial charge in [-0.15, -0.1) is 0 Å². The Bertz CT molecular complexity index is 266. The molecule has 0 heterocycles. The second kappa shape index (κ2) is 6.59. The van der Waals surface area contributed by atoms with Crippen molar-refractivity contribution in [2.24, 2.45) is 0 Å². The van der Waals surface area contributed by atoms with Crippen LogP contribution in [0.25, 0.3) is 0 Å². The maximum atomic E-state index is 9.08. The van der Waals surface area contributed by atoms with Crippen LogP contribution in [0.3, 0.4) is 0 Å². The second-order valence-electron chi connectivity index (χ2n) is 4.05. The Labute approximate surface area is 92.3 Å². The Balaban J connectivity index is 2.36. The largest absolute Gasteiger partial charge is 0.392 e. The minimum Gasteiger partial charge on any atom is -0.392 e. The van der Waals surface area contributed by atoms with Gasteiger partial charge in [-0.25, -0.2) is 0 Å². The molecule has 0 fully saturated rings. The van der Waals surface area contributed by atoms with Crippen LogP contribution in [0, 0.1) is 0 Å². The molecule has 2 N–H and O–H groups in total. The lowest BCUT2D eigenvalue weighted by Crippen LogP contribution is -2.23. The van der Waals surface area contributed by atoms with Crippen LogP contribution in [0.15, 0.2) is 24.3 Å². The zero-order valence-corrected chi connectivity index (χ0v) is 9.66. The maximum absolute atomic E-state index is 9.08. The number of aliphatic hydroxyl groups excluding tert-OH is 1. The first-order valence-corrected chi connectivity index (χ1v) is 5.69. The summed E-state index contributed by atoms with van der Waals surface area (Å²) in [7, 11) is 0. The fourth-order valence-electron chi connectivity index (χ4n) is 1.54. The van der Waals surface area contributed by atoms with Crippen LogP contribution >= 0.6 is 0 Å². The summed E-state index contributed by atoms with van der Waals surface area (Å²) in [6.45, 7) is 5.46. The Kier molecular flexibility index (Phi) is 5.37. The van der Waals surface area contributed by atoms with Gasteiger partial charge in [-0.2, -0.15) is 0 Å². The zero-order chi connectivity index (χ0) is 11.1. The van der Waals surface area contributed by atoms with Crippen LogP contribution < -0.4 is 5.32 Å². The Hall–Kier alpha value is -0.860. The molecule has 1 unspecified atom stereocenters. The van der Waals surface area contributed by atoms with Gasteiger partial charge in [0.15, 0.2) is 0 Å². The molecule has 0 aliphatic heterocycles. The Morgan fingerprint density at radius 2 is 1.80 bits per heavy atom. The number of hydrogen-bond acceptors (Lipinski definition) is 2. The molecule has 0 amide bonds. The topological polar surface area (TPSA) is 32.3 Å². The highest BCUT2D eigenvalue weighted by Crippen LogP contribution is 2.06. The smallest absolute Gasteiger partial charge is 0.0636 e. The van der Waals surface area contributed by atoms with Crippen LogP contribution in [-0.2, 0) is 13.0 Å². The van der Waals surface area contributed by atoms with Crippen molar-refractivity contribution in [2.45, 2.75) is 39.3 Å². The van der Waals surface area contributed by atoms with Gasteiger partial charge in [-0.1, -0.05) is 37.6 Å². The third-order valence-electron chi connectivity index (χ3n) is 2.33. The molecule has 0 spiro atoms. The highest BCUT2D eigenvalue weighted by Gasteiger charge is 1.96. The fourth-order valence-corrected chi connectivity index (χ4v) is 1.54. The van der Waals surface area contributed by atoms with E-state index in [1.807, 2.05) is 0 Å². The second-order valence-corrected chi connectivity index (χ2v) is 4.05. The summed E-state index contributed by atoms with van der Waals surface area (Å²) in [6.07, 6.45) is 2.07. The number of benzene rings is 1. The van der Waals surface area contributed by atoms with Gasteiger partial charge in [0.05, 0.1) is 6.10 Å². The van der Waals surface area contributed by atoms with Gasteiger partial charge in [-0.3, -0.25) is 0 Å². The molecule has 0 aliphatic carbocycles. The summed E-state index contributed by atoms with van der Waals surface area (Å²) in [5.41, 5.74) is 2.67. The van der Waals surface area contributed by atoms with Crippen LogP contribution in [0.1, 0.15) is 31.4 Å². The molecule has 0 aromatic heterocycles. The summed E-state index contributed by atoms with van der Waals surface area (Å²) >= 11 is 0. The van der Waals surface area contributed by atoms with Crippen molar-refractivity contribution in [3.05, 3.63) is 35.4 Å². The van der Waals surface area contributed by atoms with Gasteiger partial charge in [0.1, 0.15) is 0 Å². The average molecular weight is 207 g/mol. The standard InChI is InChI=1S/C13H21NO/c1-3-4-12-5-7-13(8-6-12)10-14-9-11(2)15/h5-8,11,14-15H,3-4,9-10H2,1-2H3. The first kappa shape index (κ1) is 12.2. The van der Waals surface area contributed by atoms with Crippen molar-refractivity contribution in [1.82, 2.24) is 5.32 Å². The van der Waals surface area contributed by atoms with Crippen LogP contribution in [-0.4, -0.2) is 17.8 Å². The Morgan fingerprint density at radius 3 is 2.33 bits per heavy atom. The van der Waals surface area contributed by atoms with Gasteiger partial charge < -0.3 is 10.4 Å². The zero-order valence-electron chi connectivity index (χ0n) is 9.66. The summed E-state index contributed by atoms with van der Waals surface area (Å²) in [4.78, 5) is 0. The van der Waals surface area contributed by atoms with E-state index in [2.05, 4.69) is 36.5 Å². The molecule has 15 heavy (non-hydrogen) atoms. The van der Waals surface area contributed by atoms with Gasteiger partial charge in [0, 0.05) is 13.1 Å². The highest BCUT2D eigenvalue weighted by atomic mass is 16.3. The highest BCUT2D eigenvalue weighted by molar-refractivity contribution is 5.22. The van der Waals surface area contributed by atoms with Crippen LogP contribution in [0.4, 0.5) is 0 Å². The fraction of sp³-hybridized carbons (Fsp3) is 0.538. The van der Waals surface area contributed by atoms with Gasteiger partial charge in [0.25, 0.3) is 0 Å². The predicted octanol–water partition coefficient (Wildman–Crippen LogP) is 2.11. The van der Waals surface area contributed by atoms with E-state index in [1.54, 1.807) is 6.92 Å². The maximum Gasteiger partial charge on any atom is 0.0636 e. The minimum absolute atomic E-state index is 0.274. The van der Waals surface area contributed by atoms with Crippen molar-refractivity contribution in [3.63, 3.8) is 0 Å². The van der Waals surface area contributed by atoms with E-state index in [9.17, 15) is 0 Å². The molecule has 1 aromatic carbocycles. The van der Waals surface area contributed by atoms with E-state index < -0.39 is 0 Å². The average Bonchev–Trinajstić information content (AvgIpc) is 2.20. The van der Waals surface area contributed by atoms with Crippen molar-refractivity contribution in [3.8, 4) is 0 Å². The molecule has 2 nitrogen and oxygen atoms in total. The first-order chi connectivity index (χ1) is 7.22. The summed E-state index contributed by atoms with van der Waals surface area (Å²) in [5, 5.41) is 12.3. The molecule has 1 atom stereocenters. The quantitative estimate of drug-likeness (QED) is 0.749. The van der Waals surface area contributed by atoms with E-state index in [0.29, 0.717) is 6.54 Å².